The van der Waals surface area contributed by atoms with Crippen LogP contribution in [0.4, 0.5) is 8.78 Å². The summed E-state index contributed by atoms with van der Waals surface area (Å²) in [4.78, 5) is 12.5. The van der Waals surface area contributed by atoms with Crippen LogP contribution in [0, 0.1) is 17.0 Å². The molecule has 2 rings (SSSR count). The third-order valence-electron chi connectivity index (χ3n) is 4.46. The molecule has 1 saturated carbocycles. The van der Waals surface area contributed by atoms with Crippen molar-refractivity contribution >= 4 is 5.91 Å². The minimum atomic E-state index is -0.585. The maximum absolute atomic E-state index is 13.7. The van der Waals surface area contributed by atoms with Crippen molar-refractivity contribution < 1.29 is 13.6 Å². The number of hydrogen-bond acceptors (Lipinski definition) is 2. The third-order valence-corrected chi connectivity index (χ3v) is 4.46. The van der Waals surface area contributed by atoms with Gasteiger partial charge in [0, 0.05) is 12.1 Å². The van der Waals surface area contributed by atoms with Crippen molar-refractivity contribution in [2.45, 2.75) is 45.1 Å². The molecule has 1 atom stereocenters. The smallest absolute Gasteiger partial charge is 0.227 e. The van der Waals surface area contributed by atoms with Gasteiger partial charge in [-0.1, -0.05) is 19.3 Å². The van der Waals surface area contributed by atoms with Gasteiger partial charge in [-0.25, -0.2) is 8.78 Å². The Hall–Kier alpha value is -1.49. The van der Waals surface area contributed by atoms with E-state index in [1.54, 1.807) is 6.92 Å². The first-order valence-electron chi connectivity index (χ1n) is 7.44. The van der Waals surface area contributed by atoms with Gasteiger partial charge in [0.15, 0.2) is 0 Å². The summed E-state index contributed by atoms with van der Waals surface area (Å²) in [5, 5.41) is 2.80. The van der Waals surface area contributed by atoms with E-state index < -0.39 is 23.1 Å². The standard InChI is InChI=1S/C16H22F2N2O/c1-11(13-9-12(17)5-6-14(13)18)20-15(21)16(10-19)7-3-2-4-8-16/h5-6,9,11H,2-4,7-8,10,19H2,1H3,(H,20,21). The number of carbonyl (C=O) groups is 1. The van der Waals surface area contributed by atoms with Crippen molar-refractivity contribution in [1.82, 2.24) is 5.32 Å². The normalized spacial score (nSPS) is 19.0. The Morgan fingerprint density at radius 3 is 2.62 bits per heavy atom. The van der Waals surface area contributed by atoms with E-state index in [2.05, 4.69) is 5.32 Å². The van der Waals surface area contributed by atoms with Crippen LogP contribution in [0.3, 0.4) is 0 Å². The quantitative estimate of drug-likeness (QED) is 0.897. The lowest BCUT2D eigenvalue weighted by Crippen LogP contribution is -2.47. The highest BCUT2D eigenvalue weighted by Gasteiger charge is 2.38. The first-order chi connectivity index (χ1) is 9.98. The van der Waals surface area contributed by atoms with Gasteiger partial charge in [0.2, 0.25) is 5.91 Å². The molecule has 1 aliphatic rings. The number of amides is 1. The fourth-order valence-electron chi connectivity index (χ4n) is 3.03. The van der Waals surface area contributed by atoms with E-state index in [9.17, 15) is 13.6 Å². The van der Waals surface area contributed by atoms with Gasteiger partial charge in [0.1, 0.15) is 11.6 Å². The van der Waals surface area contributed by atoms with Gasteiger partial charge in [-0.15, -0.1) is 0 Å². The Labute approximate surface area is 123 Å². The van der Waals surface area contributed by atoms with Gasteiger partial charge >= 0.3 is 0 Å². The van der Waals surface area contributed by atoms with Gasteiger partial charge in [-0.3, -0.25) is 4.79 Å². The highest BCUT2D eigenvalue weighted by Crippen LogP contribution is 2.36. The number of rotatable bonds is 4. The zero-order chi connectivity index (χ0) is 15.5. The molecule has 0 aromatic heterocycles. The molecule has 1 amide bonds. The average molecular weight is 296 g/mol. The molecule has 1 unspecified atom stereocenters. The molecule has 1 fully saturated rings. The molecule has 3 nitrogen and oxygen atoms in total. The fourth-order valence-corrected chi connectivity index (χ4v) is 3.03. The first-order valence-corrected chi connectivity index (χ1v) is 7.44. The van der Waals surface area contributed by atoms with E-state index in [-0.39, 0.29) is 18.0 Å². The molecule has 1 aromatic rings. The highest BCUT2D eigenvalue weighted by atomic mass is 19.1. The van der Waals surface area contributed by atoms with Crippen LogP contribution in [0.15, 0.2) is 18.2 Å². The summed E-state index contributed by atoms with van der Waals surface area (Å²) in [7, 11) is 0. The molecule has 0 heterocycles. The van der Waals surface area contributed by atoms with E-state index in [1.165, 1.54) is 0 Å². The first kappa shape index (κ1) is 15.9. The number of benzene rings is 1. The number of nitrogens with two attached hydrogens (primary N) is 1. The molecule has 0 aliphatic heterocycles. The Morgan fingerprint density at radius 2 is 2.00 bits per heavy atom. The molecular weight excluding hydrogens is 274 g/mol. The fraction of sp³-hybridized carbons (Fsp3) is 0.562. The predicted octanol–water partition coefficient (Wildman–Crippen LogP) is 3.05. The summed E-state index contributed by atoms with van der Waals surface area (Å²) < 4.78 is 27.0. The second-order valence-electron chi connectivity index (χ2n) is 5.91. The van der Waals surface area contributed by atoms with E-state index in [4.69, 9.17) is 5.73 Å². The summed E-state index contributed by atoms with van der Waals surface area (Å²) in [5.41, 5.74) is 5.41. The van der Waals surface area contributed by atoms with Crippen molar-refractivity contribution in [3.63, 3.8) is 0 Å². The minimum Gasteiger partial charge on any atom is -0.349 e. The largest absolute Gasteiger partial charge is 0.349 e. The van der Waals surface area contributed by atoms with Gasteiger partial charge < -0.3 is 11.1 Å². The summed E-state index contributed by atoms with van der Waals surface area (Å²) in [6, 6.07) is 2.68. The van der Waals surface area contributed by atoms with Crippen LogP contribution in [0.1, 0.15) is 50.6 Å². The molecule has 0 radical (unpaired) electrons. The molecule has 0 saturated heterocycles. The lowest BCUT2D eigenvalue weighted by molar-refractivity contribution is -0.133. The average Bonchev–Trinajstić information content (AvgIpc) is 2.50. The minimum absolute atomic E-state index is 0.152. The zero-order valence-corrected chi connectivity index (χ0v) is 12.3. The monoisotopic (exact) mass is 296 g/mol. The molecule has 0 bridgehead atoms. The van der Waals surface area contributed by atoms with E-state index in [0.29, 0.717) is 0 Å². The highest BCUT2D eigenvalue weighted by molar-refractivity contribution is 5.83. The second-order valence-corrected chi connectivity index (χ2v) is 5.91. The number of halogens is 2. The Kier molecular flexibility index (Phi) is 4.93. The molecule has 0 spiro atoms. The Morgan fingerprint density at radius 1 is 1.33 bits per heavy atom. The molecule has 3 N–H and O–H groups in total. The van der Waals surface area contributed by atoms with E-state index >= 15 is 0 Å². The van der Waals surface area contributed by atoms with Crippen LogP contribution in [0.2, 0.25) is 0 Å². The summed E-state index contributed by atoms with van der Waals surface area (Å²) in [5.74, 6) is -1.19. The number of hydrogen-bond donors (Lipinski definition) is 2. The van der Waals surface area contributed by atoms with Crippen LogP contribution >= 0.6 is 0 Å². The number of carbonyl (C=O) groups excluding carboxylic acids is 1. The van der Waals surface area contributed by atoms with Crippen LogP contribution < -0.4 is 11.1 Å². The van der Waals surface area contributed by atoms with Crippen molar-refractivity contribution in [2.24, 2.45) is 11.1 Å². The van der Waals surface area contributed by atoms with Crippen LogP contribution in [-0.4, -0.2) is 12.5 Å². The van der Waals surface area contributed by atoms with Gasteiger partial charge in [-0.05, 0) is 38.0 Å². The maximum atomic E-state index is 13.7. The van der Waals surface area contributed by atoms with Gasteiger partial charge in [-0.2, -0.15) is 0 Å². The lowest BCUT2D eigenvalue weighted by Gasteiger charge is -2.35. The summed E-state index contributed by atoms with van der Waals surface area (Å²) in [6.07, 6.45) is 4.59. The molecule has 21 heavy (non-hydrogen) atoms. The predicted molar refractivity (Wildman–Crippen MR) is 77.5 cm³/mol. The Balaban J connectivity index is 2.12. The maximum Gasteiger partial charge on any atom is 0.227 e. The third kappa shape index (κ3) is 3.40. The topological polar surface area (TPSA) is 55.1 Å². The molecule has 5 heteroatoms. The zero-order valence-electron chi connectivity index (χ0n) is 12.3. The van der Waals surface area contributed by atoms with E-state index in [0.717, 1.165) is 50.3 Å². The van der Waals surface area contributed by atoms with Crippen LogP contribution in [0.25, 0.3) is 0 Å². The van der Waals surface area contributed by atoms with Gasteiger partial charge in [0.25, 0.3) is 0 Å². The van der Waals surface area contributed by atoms with Crippen molar-refractivity contribution in [2.75, 3.05) is 6.54 Å². The summed E-state index contributed by atoms with van der Waals surface area (Å²) >= 11 is 0. The molecule has 116 valence electrons. The molecule has 1 aliphatic carbocycles. The Bertz CT molecular complexity index is 513. The lowest BCUT2D eigenvalue weighted by atomic mass is 9.73. The second kappa shape index (κ2) is 6.52. The van der Waals surface area contributed by atoms with Crippen LogP contribution in [-0.2, 0) is 4.79 Å². The SMILES string of the molecule is CC(NC(=O)C1(CN)CCCCC1)c1cc(F)ccc1F. The van der Waals surface area contributed by atoms with Gasteiger partial charge in [0.05, 0.1) is 11.5 Å². The molecule has 1 aromatic carbocycles. The van der Waals surface area contributed by atoms with Crippen molar-refractivity contribution in [3.05, 3.63) is 35.4 Å². The summed E-state index contributed by atoms with van der Waals surface area (Å²) in [6.45, 7) is 1.94. The van der Waals surface area contributed by atoms with E-state index in [1.807, 2.05) is 0 Å². The molecular formula is C16H22F2N2O. The van der Waals surface area contributed by atoms with Crippen molar-refractivity contribution in [1.29, 1.82) is 0 Å². The van der Waals surface area contributed by atoms with Crippen LogP contribution in [0.5, 0.6) is 0 Å². The van der Waals surface area contributed by atoms with Crippen molar-refractivity contribution in [3.8, 4) is 0 Å². The number of nitrogens with one attached hydrogen (secondary N) is 1.